The van der Waals surface area contributed by atoms with Gasteiger partial charge in [-0.05, 0) is 6.42 Å². The van der Waals surface area contributed by atoms with Crippen molar-refractivity contribution in [2.75, 3.05) is 0 Å². The second kappa shape index (κ2) is 4.58. The van der Waals surface area contributed by atoms with Crippen molar-refractivity contribution in [3.05, 3.63) is 15.6 Å². The van der Waals surface area contributed by atoms with E-state index in [2.05, 4.69) is 32.7 Å². The Kier molecular flexibility index (Phi) is 3.84. The molecule has 4 heteroatoms. The van der Waals surface area contributed by atoms with Gasteiger partial charge in [0.1, 0.15) is 4.99 Å². The molecular formula is C11H18N2S2. The Hall–Kier alpha value is -0.480. The lowest BCUT2D eigenvalue weighted by Crippen LogP contribution is -2.10. The summed E-state index contributed by atoms with van der Waals surface area (Å²) in [5, 5.41) is 1.12. The lowest BCUT2D eigenvalue weighted by atomic mass is 9.98. The molecule has 0 aliphatic heterocycles. The van der Waals surface area contributed by atoms with Crippen LogP contribution in [0.1, 0.15) is 49.7 Å². The summed E-state index contributed by atoms with van der Waals surface area (Å²) in [6.07, 6.45) is 2.03. The second-order valence-corrected chi connectivity index (χ2v) is 6.10. The van der Waals surface area contributed by atoms with Crippen LogP contribution in [-0.4, -0.2) is 9.97 Å². The Bertz CT molecular complexity index is 361. The average molecular weight is 242 g/mol. The molecule has 1 heterocycles. The topological polar surface area (TPSA) is 38.9 Å². The van der Waals surface area contributed by atoms with Crippen LogP contribution < -0.4 is 5.73 Å². The van der Waals surface area contributed by atoms with Crippen LogP contribution in [0.5, 0.6) is 0 Å². The van der Waals surface area contributed by atoms with Gasteiger partial charge in [0.2, 0.25) is 0 Å². The molecule has 0 unspecified atom stereocenters. The van der Waals surface area contributed by atoms with Crippen molar-refractivity contribution in [1.29, 1.82) is 0 Å². The molecular weight excluding hydrogens is 224 g/mol. The van der Waals surface area contributed by atoms with Crippen molar-refractivity contribution in [3.63, 3.8) is 0 Å². The van der Waals surface area contributed by atoms with E-state index in [1.165, 1.54) is 0 Å². The Morgan fingerprint density at radius 2 is 2.07 bits per heavy atom. The Labute approximate surface area is 101 Å². The van der Waals surface area contributed by atoms with Crippen LogP contribution >= 0.6 is 23.6 Å². The first kappa shape index (κ1) is 12.6. The number of hydrogen-bond acceptors (Lipinski definition) is 3. The molecule has 0 saturated heterocycles. The average Bonchev–Trinajstić information content (AvgIpc) is 2.48. The first-order valence-electron chi connectivity index (χ1n) is 5.16. The lowest BCUT2D eigenvalue weighted by Gasteiger charge is -2.13. The molecule has 0 bridgehead atoms. The van der Waals surface area contributed by atoms with Crippen molar-refractivity contribution >= 4 is 28.5 Å². The smallest absolute Gasteiger partial charge is 0.116 e. The van der Waals surface area contributed by atoms with E-state index in [1.807, 2.05) is 0 Å². The minimum atomic E-state index is 0.0796. The molecule has 0 atom stereocenters. The van der Waals surface area contributed by atoms with Gasteiger partial charge >= 0.3 is 0 Å². The number of thiazole rings is 1. The number of hydrogen-bond donors (Lipinski definition) is 1. The first-order valence-corrected chi connectivity index (χ1v) is 6.38. The quantitative estimate of drug-likeness (QED) is 0.828. The van der Waals surface area contributed by atoms with E-state index in [9.17, 15) is 0 Å². The van der Waals surface area contributed by atoms with Crippen LogP contribution in [-0.2, 0) is 11.8 Å². The third-order valence-corrected chi connectivity index (χ3v) is 3.94. The SMILES string of the molecule is CCCc1nc(C(C)(C)C)sc1C(N)=S. The third kappa shape index (κ3) is 2.98. The summed E-state index contributed by atoms with van der Waals surface area (Å²) in [6, 6.07) is 0. The van der Waals surface area contributed by atoms with Gasteiger partial charge in [0.15, 0.2) is 0 Å². The van der Waals surface area contributed by atoms with E-state index < -0.39 is 0 Å². The molecule has 1 aromatic heterocycles. The van der Waals surface area contributed by atoms with E-state index in [0.29, 0.717) is 4.99 Å². The van der Waals surface area contributed by atoms with Crippen molar-refractivity contribution < 1.29 is 0 Å². The molecule has 1 aromatic rings. The number of aromatic nitrogens is 1. The highest BCUT2D eigenvalue weighted by atomic mass is 32.1. The molecule has 0 aliphatic rings. The molecule has 0 fully saturated rings. The Balaban J connectivity index is 3.15. The number of nitrogens with two attached hydrogens (primary N) is 1. The van der Waals surface area contributed by atoms with E-state index in [0.717, 1.165) is 28.4 Å². The van der Waals surface area contributed by atoms with Crippen LogP contribution in [0.3, 0.4) is 0 Å². The number of rotatable bonds is 3. The molecule has 0 saturated carbocycles. The van der Waals surface area contributed by atoms with Gasteiger partial charge < -0.3 is 5.73 Å². The van der Waals surface area contributed by atoms with E-state index in [4.69, 9.17) is 18.0 Å². The number of thiocarbonyl (C=S) groups is 1. The van der Waals surface area contributed by atoms with Gasteiger partial charge in [0.25, 0.3) is 0 Å². The minimum absolute atomic E-state index is 0.0796. The second-order valence-electron chi connectivity index (χ2n) is 4.66. The van der Waals surface area contributed by atoms with Crippen molar-refractivity contribution in [2.24, 2.45) is 5.73 Å². The van der Waals surface area contributed by atoms with Gasteiger partial charge in [-0.2, -0.15) is 0 Å². The Morgan fingerprint density at radius 3 is 2.47 bits per heavy atom. The van der Waals surface area contributed by atoms with Gasteiger partial charge in [0.05, 0.1) is 15.6 Å². The van der Waals surface area contributed by atoms with Crippen molar-refractivity contribution in [1.82, 2.24) is 4.98 Å². The van der Waals surface area contributed by atoms with Gasteiger partial charge in [-0.25, -0.2) is 4.98 Å². The van der Waals surface area contributed by atoms with Gasteiger partial charge in [-0.3, -0.25) is 0 Å². The highest BCUT2D eigenvalue weighted by Gasteiger charge is 2.21. The van der Waals surface area contributed by atoms with Gasteiger partial charge in [0, 0.05) is 5.41 Å². The summed E-state index contributed by atoms with van der Waals surface area (Å²) in [7, 11) is 0. The van der Waals surface area contributed by atoms with Crippen molar-refractivity contribution in [2.45, 2.75) is 46.0 Å². The van der Waals surface area contributed by atoms with Gasteiger partial charge in [-0.15, -0.1) is 11.3 Å². The standard InChI is InChI=1S/C11H18N2S2/c1-5-6-7-8(9(12)14)15-10(13-7)11(2,3)4/h5-6H2,1-4H3,(H2,12,14). The number of aryl methyl sites for hydroxylation is 1. The van der Waals surface area contributed by atoms with Crippen LogP contribution in [0, 0.1) is 0 Å². The monoisotopic (exact) mass is 242 g/mol. The van der Waals surface area contributed by atoms with Gasteiger partial charge in [-0.1, -0.05) is 46.3 Å². The zero-order valence-electron chi connectivity index (χ0n) is 9.76. The normalized spacial score (nSPS) is 11.7. The molecule has 84 valence electrons. The highest BCUT2D eigenvalue weighted by Crippen LogP contribution is 2.29. The lowest BCUT2D eigenvalue weighted by molar-refractivity contribution is 0.582. The van der Waals surface area contributed by atoms with Crippen LogP contribution in [0.25, 0.3) is 0 Å². The zero-order chi connectivity index (χ0) is 11.6. The molecule has 0 spiro atoms. The van der Waals surface area contributed by atoms with E-state index >= 15 is 0 Å². The van der Waals surface area contributed by atoms with E-state index in [-0.39, 0.29) is 5.41 Å². The molecule has 2 N–H and O–H groups in total. The van der Waals surface area contributed by atoms with Crippen LogP contribution in [0.2, 0.25) is 0 Å². The Morgan fingerprint density at radius 1 is 1.47 bits per heavy atom. The van der Waals surface area contributed by atoms with Crippen molar-refractivity contribution in [3.8, 4) is 0 Å². The van der Waals surface area contributed by atoms with Crippen LogP contribution in [0.15, 0.2) is 0 Å². The summed E-state index contributed by atoms with van der Waals surface area (Å²) in [4.78, 5) is 6.12. The predicted molar refractivity (Wildman–Crippen MR) is 70.7 cm³/mol. The maximum absolute atomic E-state index is 5.70. The third-order valence-electron chi connectivity index (χ3n) is 2.05. The molecule has 0 radical (unpaired) electrons. The predicted octanol–water partition coefficient (Wildman–Crippen LogP) is 3.03. The molecule has 1 rings (SSSR count). The molecule has 2 nitrogen and oxygen atoms in total. The fourth-order valence-electron chi connectivity index (χ4n) is 1.27. The minimum Gasteiger partial charge on any atom is -0.389 e. The molecule has 15 heavy (non-hydrogen) atoms. The summed E-state index contributed by atoms with van der Waals surface area (Å²) in [5.74, 6) is 0. The zero-order valence-corrected chi connectivity index (χ0v) is 11.4. The molecule has 0 aromatic carbocycles. The fourth-order valence-corrected chi connectivity index (χ4v) is 2.54. The summed E-state index contributed by atoms with van der Waals surface area (Å²) in [5.41, 5.74) is 6.85. The maximum Gasteiger partial charge on any atom is 0.116 e. The summed E-state index contributed by atoms with van der Waals surface area (Å²) >= 11 is 6.69. The van der Waals surface area contributed by atoms with Crippen LogP contribution in [0.4, 0.5) is 0 Å². The molecule has 0 amide bonds. The summed E-state index contributed by atoms with van der Waals surface area (Å²) in [6.45, 7) is 8.61. The first-order chi connectivity index (χ1) is 6.86. The fraction of sp³-hybridized carbons (Fsp3) is 0.636. The van der Waals surface area contributed by atoms with E-state index in [1.54, 1.807) is 11.3 Å². The summed E-state index contributed by atoms with van der Waals surface area (Å²) < 4.78 is 0. The maximum atomic E-state index is 5.70. The molecule has 0 aliphatic carbocycles. The highest BCUT2D eigenvalue weighted by molar-refractivity contribution is 7.81. The largest absolute Gasteiger partial charge is 0.389 e. The number of nitrogens with zero attached hydrogens (tertiary/aromatic N) is 1.